The quantitative estimate of drug-likeness (QED) is 0.180. The van der Waals surface area contributed by atoms with Crippen LogP contribution in [0.15, 0.2) is 60.7 Å². The molecule has 2 aromatic carbocycles. The molecule has 0 aliphatic heterocycles. The van der Waals surface area contributed by atoms with E-state index in [0.29, 0.717) is 21.8 Å². The van der Waals surface area contributed by atoms with Crippen LogP contribution in [0.5, 0.6) is 11.5 Å². The van der Waals surface area contributed by atoms with Crippen LogP contribution in [0, 0.1) is 0 Å². The summed E-state index contributed by atoms with van der Waals surface area (Å²) in [7, 11) is 0. The molecule has 0 bridgehead atoms. The number of hydrogen-bond donors (Lipinski definition) is 3. The van der Waals surface area contributed by atoms with E-state index in [1.807, 2.05) is 24.3 Å². The Bertz CT molecular complexity index is 1190. The van der Waals surface area contributed by atoms with E-state index in [4.69, 9.17) is 9.47 Å². The molecule has 0 aliphatic carbocycles. The van der Waals surface area contributed by atoms with Crippen LogP contribution in [0.4, 0.5) is 15.1 Å². The lowest BCUT2D eigenvalue weighted by Crippen LogP contribution is -2.25. The molecule has 2 aromatic heterocycles. The Morgan fingerprint density at radius 3 is 2.09 bits per heavy atom. The van der Waals surface area contributed by atoms with Crippen LogP contribution in [0.3, 0.4) is 0 Å². The number of benzene rings is 2. The van der Waals surface area contributed by atoms with Crippen molar-refractivity contribution >= 4 is 50.8 Å². The van der Waals surface area contributed by atoms with E-state index in [9.17, 15) is 9.90 Å². The summed E-state index contributed by atoms with van der Waals surface area (Å²) < 4.78 is 10.6. The Hall–Kier alpha value is -3.26. The molecular formula is C22H22N6O4S3. The predicted molar refractivity (Wildman–Crippen MR) is 137 cm³/mol. The van der Waals surface area contributed by atoms with Gasteiger partial charge in [-0.25, -0.2) is 4.79 Å². The van der Waals surface area contributed by atoms with Crippen molar-refractivity contribution in [3.8, 4) is 11.5 Å². The average Bonchev–Trinajstić information content (AvgIpc) is 3.49. The number of rotatable bonds is 12. The largest absolute Gasteiger partial charge is 0.447 e. The van der Waals surface area contributed by atoms with Crippen LogP contribution in [0.25, 0.3) is 0 Å². The zero-order valence-corrected chi connectivity index (χ0v) is 20.8. The second-order valence-electron chi connectivity index (χ2n) is 6.87. The first kappa shape index (κ1) is 24.9. The number of nitrogens with one attached hydrogen (secondary N) is 2. The molecule has 4 aromatic rings. The normalized spacial score (nSPS) is 11.6. The molecule has 4 rings (SSSR count). The van der Waals surface area contributed by atoms with Crippen LogP contribution in [0.2, 0.25) is 0 Å². The summed E-state index contributed by atoms with van der Waals surface area (Å²) in [5, 5.41) is 34.3. The van der Waals surface area contributed by atoms with Gasteiger partial charge in [-0.05, 0) is 35.8 Å². The highest BCUT2D eigenvalue weighted by Crippen LogP contribution is 2.21. The van der Waals surface area contributed by atoms with Crippen molar-refractivity contribution in [2.24, 2.45) is 0 Å². The van der Waals surface area contributed by atoms with Crippen LogP contribution in [-0.4, -0.2) is 49.5 Å². The molecule has 13 heteroatoms. The Labute approximate surface area is 213 Å². The van der Waals surface area contributed by atoms with Gasteiger partial charge in [-0.3, -0.25) is 5.32 Å². The first-order valence-electron chi connectivity index (χ1n) is 10.6. The lowest BCUT2D eigenvalue weighted by Gasteiger charge is -2.13. The molecule has 0 spiro atoms. The van der Waals surface area contributed by atoms with Crippen molar-refractivity contribution in [3.05, 3.63) is 70.7 Å². The smallest absolute Gasteiger partial charge is 0.418 e. The van der Waals surface area contributed by atoms with E-state index in [-0.39, 0.29) is 0 Å². The third-order valence-corrected chi connectivity index (χ3v) is 7.05. The number of aromatic nitrogens is 4. The maximum Gasteiger partial charge on any atom is 0.418 e. The molecule has 2 heterocycles. The minimum atomic E-state index is -1.21. The van der Waals surface area contributed by atoms with Crippen molar-refractivity contribution in [1.29, 1.82) is 0 Å². The molecule has 0 radical (unpaired) electrons. The summed E-state index contributed by atoms with van der Waals surface area (Å²) in [5.74, 6) is 2.74. The second-order valence-corrected chi connectivity index (χ2v) is 10.2. The number of aliphatic hydroxyl groups excluding tert-OH is 1. The number of aryl methyl sites for hydroxylation is 2. The van der Waals surface area contributed by atoms with Crippen molar-refractivity contribution in [1.82, 2.24) is 20.4 Å². The number of ether oxygens (including phenoxy) is 2. The van der Waals surface area contributed by atoms with Crippen molar-refractivity contribution in [3.63, 3.8) is 0 Å². The molecule has 0 saturated carbocycles. The molecule has 0 saturated heterocycles. The average molecular weight is 531 g/mol. The summed E-state index contributed by atoms with van der Waals surface area (Å²) >= 11 is 4.46. The first-order chi connectivity index (χ1) is 17.1. The van der Waals surface area contributed by atoms with E-state index in [1.54, 1.807) is 48.2 Å². The first-order valence-corrected chi connectivity index (χ1v) is 13.4. The zero-order chi connectivity index (χ0) is 24.3. The van der Waals surface area contributed by atoms with Gasteiger partial charge >= 0.3 is 6.09 Å². The van der Waals surface area contributed by atoms with Gasteiger partial charge in [0, 0.05) is 12.8 Å². The highest BCUT2D eigenvalue weighted by Gasteiger charge is 2.12. The Balaban J connectivity index is 1.11. The van der Waals surface area contributed by atoms with E-state index < -0.39 is 12.5 Å². The van der Waals surface area contributed by atoms with Crippen molar-refractivity contribution in [2.45, 2.75) is 19.3 Å². The summed E-state index contributed by atoms with van der Waals surface area (Å²) in [6.07, 6.45) is -0.310. The van der Waals surface area contributed by atoms with E-state index in [1.165, 1.54) is 22.7 Å². The molecule has 182 valence electrons. The Kier molecular flexibility index (Phi) is 9.23. The second kappa shape index (κ2) is 13.0. The summed E-state index contributed by atoms with van der Waals surface area (Å²) in [4.78, 5) is 11.9. The number of hydrogen-bond acceptors (Lipinski definition) is 12. The fraction of sp³-hybridized carbons (Fsp3) is 0.227. The molecule has 1 unspecified atom stereocenters. The fourth-order valence-electron chi connectivity index (χ4n) is 2.71. The molecule has 1 amide bonds. The molecule has 0 aliphatic rings. The number of nitrogens with zero attached hydrogens (tertiary/aromatic N) is 4. The van der Waals surface area contributed by atoms with E-state index in [0.717, 1.165) is 34.4 Å². The van der Waals surface area contributed by atoms with Crippen LogP contribution < -0.4 is 20.1 Å². The van der Waals surface area contributed by atoms with Gasteiger partial charge in [-0.15, -0.1) is 20.4 Å². The lowest BCUT2D eigenvalue weighted by molar-refractivity contribution is 0.00768. The van der Waals surface area contributed by atoms with E-state index >= 15 is 0 Å². The number of amides is 1. The summed E-state index contributed by atoms with van der Waals surface area (Å²) in [6, 6.07) is 17.9. The van der Waals surface area contributed by atoms with Gasteiger partial charge in [0.15, 0.2) is 0 Å². The van der Waals surface area contributed by atoms with E-state index in [2.05, 4.69) is 31.0 Å². The van der Waals surface area contributed by atoms with Crippen LogP contribution >= 0.6 is 34.4 Å². The Morgan fingerprint density at radius 1 is 0.857 bits per heavy atom. The number of aliphatic hydroxyl groups is 1. The topological polar surface area (TPSA) is 131 Å². The molecule has 35 heavy (non-hydrogen) atoms. The van der Waals surface area contributed by atoms with Crippen molar-refractivity contribution in [2.75, 3.05) is 22.1 Å². The molecule has 10 nitrogen and oxygen atoms in total. The number of anilines is 2. The maximum absolute atomic E-state index is 11.9. The number of thioether (sulfide) groups is 1. The van der Waals surface area contributed by atoms with Gasteiger partial charge in [0.05, 0.1) is 0 Å². The standard InChI is InChI=1S/C22H22N6O4S3/c29-21(31-15-7-3-1-4-8-15)23-19-27-25-17(34-19)11-13-33-14-12-18-26-28-20(35-18)24-22(30)32-16-9-5-2-6-10-16/h1-10,21,29H,11-14H2,(H,23,27)(H,24,28,30). The maximum atomic E-state index is 11.9. The predicted octanol–water partition coefficient (Wildman–Crippen LogP) is 4.29. The summed E-state index contributed by atoms with van der Waals surface area (Å²) in [5.41, 5.74) is 0. The molecule has 3 N–H and O–H groups in total. The van der Waals surface area contributed by atoms with Gasteiger partial charge in [0.2, 0.25) is 10.3 Å². The zero-order valence-electron chi connectivity index (χ0n) is 18.4. The fourth-order valence-corrected chi connectivity index (χ4v) is 5.32. The Morgan fingerprint density at radius 2 is 1.43 bits per heavy atom. The lowest BCUT2D eigenvalue weighted by atomic mass is 10.3. The van der Waals surface area contributed by atoms with Gasteiger partial charge in [-0.2, -0.15) is 11.8 Å². The molecule has 1 atom stereocenters. The van der Waals surface area contributed by atoms with Gasteiger partial charge in [0.1, 0.15) is 21.5 Å². The SMILES string of the molecule is O=C(Nc1nnc(CCSCCc2nnc(NC(O)Oc3ccccc3)s2)s1)Oc1ccccc1. The molecular weight excluding hydrogens is 508 g/mol. The third kappa shape index (κ3) is 8.47. The highest BCUT2D eigenvalue weighted by atomic mass is 32.2. The van der Waals surface area contributed by atoms with Gasteiger partial charge in [-0.1, -0.05) is 59.1 Å². The van der Waals surface area contributed by atoms with Gasteiger partial charge < -0.3 is 19.9 Å². The summed E-state index contributed by atoms with van der Waals surface area (Å²) in [6.45, 7) is 0. The third-order valence-electron chi connectivity index (χ3n) is 4.25. The van der Waals surface area contributed by atoms with Crippen LogP contribution in [-0.2, 0) is 12.8 Å². The van der Waals surface area contributed by atoms with Crippen LogP contribution in [0.1, 0.15) is 10.0 Å². The minimum absolute atomic E-state index is 0.401. The number of carbonyl (C=O) groups excluding carboxylic acids is 1. The van der Waals surface area contributed by atoms with Crippen molar-refractivity contribution < 1.29 is 19.4 Å². The highest BCUT2D eigenvalue weighted by molar-refractivity contribution is 7.99. The monoisotopic (exact) mass is 530 g/mol. The van der Waals surface area contributed by atoms with Gasteiger partial charge in [0.25, 0.3) is 6.41 Å². The molecule has 0 fully saturated rings. The number of carbonyl (C=O) groups is 1. The minimum Gasteiger partial charge on any atom is -0.447 e. The number of para-hydroxylation sites is 2.